The van der Waals surface area contributed by atoms with Crippen LogP contribution in [0.15, 0.2) is 0 Å². The van der Waals surface area contributed by atoms with E-state index in [2.05, 4.69) is 6.92 Å². The van der Waals surface area contributed by atoms with Crippen molar-refractivity contribution < 1.29 is 9.90 Å². The smallest absolute Gasteiger partial charge is 0.219 e. The summed E-state index contributed by atoms with van der Waals surface area (Å²) in [5, 5.41) is 8.82. The third-order valence-corrected chi connectivity index (χ3v) is 2.94. The van der Waals surface area contributed by atoms with Gasteiger partial charge in [0.05, 0.1) is 0 Å². The van der Waals surface area contributed by atoms with E-state index in [0.717, 1.165) is 25.8 Å². The maximum Gasteiger partial charge on any atom is 0.219 e. The molecule has 0 aromatic heterocycles. The number of rotatable bonds is 3. The number of carbonyl (C=O) groups is 1. The highest BCUT2D eigenvalue weighted by molar-refractivity contribution is 5.73. The molecule has 0 aromatic rings. The van der Waals surface area contributed by atoms with Crippen molar-refractivity contribution >= 4 is 5.91 Å². The van der Waals surface area contributed by atoms with Crippen LogP contribution in [0.5, 0.6) is 0 Å². The van der Waals surface area contributed by atoms with Crippen molar-refractivity contribution in [2.45, 2.75) is 39.2 Å². The summed E-state index contributed by atoms with van der Waals surface area (Å²) in [6, 6.07) is 0.365. The molecule has 1 aliphatic rings. The average Bonchev–Trinajstić information content (AvgIpc) is 2.52. The highest BCUT2D eigenvalue weighted by Crippen LogP contribution is 2.25. The highest BCUT2D eigenvalue weighted by Gasteiger charge is 2.30. The van der Waals surface area contributed by atoms with E-state index in [4.69, 9.17) is 5.11 Å². The molecule has 1 aliphatic heterocycles. The molecule has 0 bridgehead atoms. The third-order valence-electron chi connectivity index (χ3n) is 2.94. The van der Waals surface area contributed by atoms with Crippen LogP contribution in [-0.4, -0.2) is 35.1 Å². The van der Waals surface area contributed by atoms with Crippen LogP contribution in [0.3, 0.4) is 0 Å². The average molecular weight is 185 g/mol. The maximum atomic E-state index is 11.2. The highest BCUT2D eigenvalue weighted by atomic mass is 16.3. The van der Waals surface area contributed by atoms with Gasteiger partial charge in [0.25, 0.3) is 0 Å². The topological polar surface area (TPSA) is 40.5 Å². The zero-order chi connectivity index (χ0) is 9.84. The number of aliphatic hydroxyl groups is 1. The molecule has 13 heavy (non-hydrogen) atoms. The Morgan fingerprint density at radius 2 is 2.38 bits per heavy atom. The second kappa shape index (κ2) is 4.61. The molecule has 1 rings (SSSR count). The lowest BCUT2D eigenvalue weighted by atomic mass is 9.96. The second-order valence-corrected chi connectivity index (χ2v) is 3.91. The minimum Gasteiger partial charge on any atom is -0.396 e. The Labute approximate surface area is 79.7 Å². The van der Waals surface area contributed by atoms with Gasteiger partial charge in [-0.3, -0.25) is 4.79 Å². The molecule has 1 amide bonds. The van der Waals surface area contributed by atoms with E-state index < -0.39 is 0 Å². The van der Waals surface area contributed by atoms with Gasteiger partial charge >= 0.3 is 0 Å². The van der Waals surface area contributed by atoms with Crippen molar-refractivity contribution in [3.05, 3.63) is 0 Å². The third kappa shape index (κ3) is 2.44. The first-order valence-corrected chi connectivity index (χ1v) is 5.05. The number of carbonyl (C=O) groups excluding carboxylic acids is 1. The first-order valence-electron chi connectivity index (χ1n) is 5.05. The zero-order valence-electron chi connectivity index (χ0n) is 8.49. The number of amides is 1. The Bertz CT molecular complexity index is 182. The molecule has 1 fully saturated rings. The molecule has 0 radical (unpaired) electrons. The summed E-state index contributed by atoms with van der Waals surface area (Å²) in [5.41, 5.74) is 0. The van der Waals surface area contributed by atoms with E-state index in [9.17, 15) is 4.79 Å². The van der Waals surface area contributed by atoms with Crippen LogP contribution in [-0.2, 0) is 4.79 Å². The lowest BCUT2D eigenvalue weighted by Crippen LogP contribution is -2.38. The van der Waals surface area contributed by atoms with Gasteiger partial charge in [-0.15, -0.1) is 0 Å². The van der Waals surface area contributed by atoms with Crippen LogP contribution in [0.2, 0.25) is 0 Å². The summed E-state index contributed by atoms with van der Waals surface area (Å²) in [5.74, 6) is 0.601. The molecule has 3 heteroatoms. The maximum absolute atomic E-state index is 11.2. The molecule has 1 heterocycles. The summed E-state index contributed by atoms with van der Waals surface area (Å²) in [6.45, 7) is 4.87. The Morgan fingerprint density at radius 1 is 1.69 bits per heavy atom. The Balaban J connectivity index is 2.52. The minimum absolute atomic E-state index is 0.173. The van der Waals surface area contributed by atoms with Crippen molar-refractivity contribution in [2.24, 2.45) is 5.92 Å². The standard InChI is InChI=1S/C10H19NO2/c1-8(5-7-12)10-4-3-6-11(10)9(2)13/h8,10,12H,3-7H2,1-2H3. The van der Waals surface area contributed by atoms with Gasteiger partial charge in [0.2, 0.25) is 5.91 Å². The van der Waals surface area contributed by atoms with Gasteiger partial charge in [-0.1, -0.05) is 6.92 Å². The lowest BCUT2D eigenvalue weighted by Gasteiger charge is -2.28. The molecule has 0 aliphatic carbocycles. The molecule has 0 aromatic carbocycles. The van der Waals surface area contributed by atoms with E-state index in [1.807, 2.05) is 4.90 Å². The molecule has 0 saturated carbocycles. The Morgan fingerprint density at radius 3 is 2.92 bits per heavy atom. The fourth-order valence-corrected chi connectivity index (χ4v) is 2.17. The van der Waals surface area contributed by atoms with Crippen molar-refractivity contribution in [1.82, 2.24) is 4.90 Å². The van der Waals surface area contributed by atoms with Crippen molar-refractivity contribution in [3.63, 3.8) is 0 Å². The van der Waals surface area contributed by atoms with Gasteiger partial charge in [0.1, 0.15) is 0 Å². The summed E-state index contributed by atoms with van der Waals surface area (Å²) < 4.78 is 0. The summed E-state index contributed by atoms with van der Waals surface area (Å²) in [4.78, 5) is 13.2. The summed E-state index contributed by atoms with van der Waals surface area (Å²) >= 11 is 0. The number of hydrogen-bond acceptors (Lipinski definition) is 2. The minimum atomic E-state index is 0.173. The number of hydrogen-bond donors (Lipinski definition) is 1. The summed E-state index contributed by atoms with van der Waals surface area (Å²) in [7, 11) is 0. The van der Waals surface area contributed by atoms with Gasteiger partial charge in [-0.05, 0) is 25.2 Å². The Kier molecular flexibility index (Phi) is 3.72. The predicted molar refractivity (Wildman–Crippen MR) is 51.3 cm³/mol. The lowest BCUT2D eigenvalue weighted by molar-refractivity contribution is -0.130. The van der Waals surface area contributed by atoms with Crippen molar-refractivity contribution in [3.8, 4) is 0 Å². The fourth-order valence-electron chi connectivity index (χ4n) is 2.17. The normalized spacial score (nSPS) is 24.8. The predicted octanol–water partition coefficient (Wildman–Crippen LogP) is 1.02. The van der Waals surface area contributed by atoms with Gasteiger partial charge in [-0.2, -0.15) is 0 Å². The van der Waals surface area contributed by atoms with Gasteiger partial charge in [-0.25, -0.2) is 0 Å². The van der Waals surface area contributed by atoms with Crippen LogP contribution >= 0.6 is 0 Å². The van der Waals surface area contributed by atoms with Crippen LogP contribution in [0, 0.1) is 5.92 Å². The van der Waals surface area contributed by atoms with E-state index in [1.54, 1.807) is 6.92 Å². The first kappa shape index (κ1) is 10.5. The van der Waals surface area contributed by atoms with E-state index >= 15 is 0 Å². The molecule has 76 valence electrons. The van der Waals surface area contributed by atoms with Crippen molar-refractivity contribution in [2.75, 3.05) is 13.2 Å². The largest absolute Gasteiger partial charge is 0.396 e. The van der Waals surface area contributed by atoms with Crippen LogP contribution in [0.25, 0.3) is 0 Å². The van der Waals surface area contributed by atoms with E-state index in [-0.39, 0.29) is 12.5 Å². The molecule has 3 nitrogen and oxygen atoms in total. The molecule has 1 saturated heterocycles. The van der Waals surface area contributed by atoms with Crippen LogP contribution < -0.4 is 0 Å². The van der Waals surface area contributed by atoms with Crippen LogP contribution in [0.4, 0.5) is 0 Å². The Hall–Kier alpha value is -0.570. The van der Waals surface area contributed by atoms with Gasteiger partial charge < -0.3 is 10.0 Å². The van der Waals surface area contributed by atoms with Crippen LogP contribution in [0.1, 0.15) is 33.1 Å². The van der Waals surface area contributed by atoms with Crippen molar-refractivity contribution in [1.29, 1.82) is 0 Å². The number of nitrogens with zero attached hydrogens (tertiary/aromatic N) is 1. The first-order chi connectivity index (χ1) is 6.16. The van der Waals surface area contributed by atoms with Gasteiger partial charge in [0, 0.05) is 26.1 Å². The van der Waals surface area contributed by atoms with E-state index in [1.165, 1.54) is 0 Å². The SMILES string of the molecule is CC(=O)N1CCCC1C(C)CCO. The molecule has 0 spiro atoms. The zero-order valence-corrected chi connectivity index (χ0v) is 8.49. The molecule has 2 atom stereocenters. The monoisotopic (exact) mass is 185 g/mol. The molecule has 2 unspecified atom stereocenters. The number of aliphatic hydroxyl groups excluding tert-OH is 1. The molecular formula is C10H19NO2. The number of likely N-dealkylation sites (tertiary alicyclic amines) is 1. The van der Waals surface area contributed by atoms with Gasteiger partial charge in [0.15, 0.2) is 0 Å². The molecule has 1 N–H and O–H groups in total. The second-order valence-electron chi connectivity index (χ2n) is 3.91. The summed E-state index contributed by atoms with van der Waals surface area (Å²) in [6.07, 6.45) is 3.01. The quantitative estimate of drug-likeness (QED) is 0.713. The fraction of sp³-hybridized carbons (Fsp3) is 0.900. The molecular weight excluding hydrogens is 166 g/mol. The van der Waals surface area contributed by atoms with E-state index in [0.29, 0.717) is 12.0 Å².